The van der Waals surface area contributed by atoms with Crippen molar-refractivity contribution in [3.63, 3.8) is 0 Å². The van der Waals surface area contributed by atoms with Gasteiger partial charge in [-0.1, -0.05) is 0 Å². The Morgan fingerprint density at radius 2 is 1.92 bits per heavy atom. The van der Waals surface area contributed by atoms with E-state index in [9.17, 15) is 0 Å². The van der Waals surface area contributed by atoms with Crippen molar-refractivity contribution in [1.29, 1.82) is 0 Å². The molecule has 0 spiro atoms. The van der Waals surface area contributed by atoms with Gasteiger partial charge in [0.25, 0.3) is 6.47 Å². The van der Waals surface area contributed by atoms with Gasteiger partial charge in [0.1, 0.15) is 0 Å². The van der Waals surface area contributed by atoms with E-state index in [2.05, 4.69) is 10.8 Å². The predicted molar refractivity (Wildman–Crippen MR) is 40.0 cm³/mol. The van der Waals surface area contributed by atoms with Crippen molar-refractivity contribution in [2.75, 3.05) is 7.11 Å². The summed E-state index contributed by atoms with van der Waals surface area (Å²) in [5.74, 6) is 0.291. The number of aromatic hydroxyl groups is 1. The summed E-state index contributed by atoms with van der Waals surface area (Å²) in [6.45, 7) is 0.375. The fraction of sp³-hybridized carbons (Fsp3) is 0.125. The van der Waals surface area contributed by atoms with Crippen LogP contribution in [0.5, 0.6) is 5.75 Å². The van der Waals surface area contributed by atoms with E-state index in [1.807, 2.05) is 0 Å². The van der Waals surface area contributed by atoms with E-state index in [1.54, 1.807) is 24.3 Å². The maximum absolute atomic E-state index is 8.95. The average Bonchev–Trinajstić information content (AvgIpc) is 2.07. The van der Waals surface area contributed by atoms with E-state index >= 15 is 0 Å². The molecule has 0 heterocycles. The quantitative estimate of drug-likeness (QED) is 0.305. The van der Waals surface area contributed by atoms with Crippen molar-refractivity contribution in [3.8, 4) is 5.75 Å². The van der Waals surface area contributed by atoms with Crippen LogP contribution in [-0.4, -0.2) is 18.7 Å². The van der Waals surface area contributed by atoms with Crippen LogP contribution in [0.1, 0.15) is 0 Å². The number of benzene rings is 1. The van der Waals surface area contributed by atoms with Crippen molar-refractivity contribution >= 4 is 6.47 Å². The first-order valence-corrected chi connectivity index (χ1v) is 2.92. The second-order valence-electron chi connectivity index (χ2n) is 1.59. The van der Waals surface area contributed by atoms with Crippen LogP contribution in [0.15, 0.2) is 24.3 Å². The summed E-state index contributed by atoms with van der Waals surface area (Å²) in [6, 6.07) is 9.26. The first-order chi connectivity index (χ1) is 5.31. The second kappa shape index (κ2) is 10.5. The number of phenols is 1. The van der Waals surface area contributed by atoms with Crippen molar-refractivity contribution in [3.05, 3.63) is 30.3 Å². The molecule has 60 valence electrons. The number of carbonyl (C=O) groups is 1. The molecule has 0 atom stereocenters. The van der Waals surface area contributed by atoms with E-state index in [4.69, 9.17) is 9.90 Å². The molecule has 0 saturated carbocycles. The molecule has 0 aliphatic rings. The maximum atomic E-state index is 8.95. The van der Waals surface area contributed by atoms with Gasteiger partial charge in [-0.05, 0) is 0 Å². The molecule has 4 heteroatoms. The molecular weight excluding hydrogens is 167 g/mol. The zero-order chi connectivity index (χ0) is 8.53. The number of hydrogen-bond donors (Lipinski definition) is 1. The number of hydrogen-bond acceptors (Lipinski definition) is 3. The van der Waals surface area contributed by atoms with Crippen molar-refractivity contribution in [2.24, 2.45) is 0 Å². The van der Waals surface area contributed by atoms with Crippen LogP contribution in [-0.2, 0) is 9.53 Å². The second-order valence-corrected chi connectivity index (χ2v) is 1.59. The fourth-order valence-electron chi connectivity index (χ4n) is 0.378. The van der Waals surface area contributed by atoms with Crippen LogP contribution in [0.3, 0.4) is 0 Å². The molecule has 12 heavy (non-hydrogen) atoms. The summed E-state index contributed by atoms with van der Waals surface area (Å²) >= 11 is 0. The summed E-state index contributed by atoms with van der Waals surface area (Å²) in [6.07, 6.45) is 0. The minimum Gasteiger partial charge on any atom is -0.533 e. The summed E-state index contributed by atoms with van der Waals surface area (Å²) in [5, 5.41) is 8.61. The molecule has 0 radical (unpaired) electrons. The van der Waals surface area contributed by atoms with Gasteiger partial charge in [-0.3, -0.25) is 4.79 Å². The molecule has 0 aliphatic heterocycles. The molecule has 0 aliphatic carbocycles. The smallest absolute Gasteiger partial charge is 0.533 e. The Bertz CT molecular complexity index is 189. The molecule has 0 amide bonds. The van der Waals surface area contributed by atoms with Crippen molar-refractivity contribution < 1.29 is 44.2 Å². The molecular formula is C8H9NaO3. The molecule has 0 aromatic heterocycles. The summed E-state index contributed by atoms with van der Waals surface area (Å²) in [4.78, 5) is 8.95. The monoisotopic (exact) mass is 176 g/mol. The molecule has 1 N–H and O–H groups in total. The van der Waals surface area contributed by atoms with Crippen molar-refractivity contribution in [2.45, 2.75) is 0 Å². The van der Waals surface area contributed by atoms with Gasteiger partial charge in [0.05, 0.1) is 7.11 Å². The Morgan fingerprint density at radius 3 is 2.08 bits per heavy atom. The fourth-order valence-corrected chi connectivity index (χ4v) is 0.378. The van der Waals surface area contributed by atoms with Gasteiger partial charge in [-0.25, -0.2) is 0 Å². The Hall–Kier alpha value is -0.510. The van der Waals surface area contributed by atoms with Crippen molar-refractivity contribution in [1.82, 2.24) is 0 Å². The first-order valence-electron chi connectivity index (χ1n) is 2.92. The Balaban J connectivity index is 0. The van der Waals surface area contributed by atoms with E-state index in [0.29, 0.717) is 12.2 Å². The van der Waals surface area contributed by atoms with Gasteiger partial charge in [0.2, 0.25) is 0 Å². The number of ether oxygens (including phenoxy) is 1. The summed E-state index contributed by atoms with van der Waals surface area (Å²) in [5.41, 5.74) is 0. The third kappa shape index (κ3) is 9.49. The largest absolute Gasteiger partial charge is 1.00 e. The van der Waals surface area contributed by atoms with Gasteiger partial charge < -0.3 is 9.84 Å². The molecule has 0 saturated heterocycles. The SMILES string of the molecule is COC=O.Oc1cc[c-]cc1.[Na+]. The zero-order valence-electron chi connectivity index (χ0n) is 7.15. The predicted octanol–water partition coefficient (Wildman–Crippen LogP) is -2.01. The zero-order valence-corrected chi connectivity index (χ0v) is 9.15. The standard InChI is InChI=1S/C6H5O.C2H4O2.Na/c7-6-4-2-1-3-5-6;1-4-2-3;/h2-5,7H;2H,1H3;/q-1;;+1. The third-order valence-electron chi connectivity index (χ3n) is 0.797. The minimum absolute atomic E-state index is 0. The van der Waals surface area contributed by atoms with Gasteiger partial charge >= 0.3 is 29.6 Å². The maximum Gasteiger partial charge on any atom is 1.00 e. The minimum atomic E-state index is 0. The number of methoxy groups -OCH3 is 1. The molecule has 0 bridgehead atoms. The Labute approximate surface area is 93.6 Å². The van der Waals surface area contributed by atoms with Crippen LogP contribution in [0, 0.1) is 6.07 Å². The van der Waals surface area contributed by atoms with Crippen LogP contribution < -0.4 is 29.6 Å². The number of phenolic OH excluding ortho intramolecular Hbond substituents is 1. The van der Waals surface area contributed by atoms with Crippen LogP contribution in [0.25, 0.3) is 0 Å². The molecule has 1 rings (SSSR count). The third-order valence-corrected chi connectivity index (χ3v) is 0.797. The van der Waals surface area contributed by atoms with E-state index in [1.165, 1.54) is 7.11 Å². The number of carbonyl (C=O) groups excluding carboxylic acids is 1. The van der Waals surface area contributed by atoms with Crippen LogP contribution in [0.2, 0.25) is 0 Å². The molecule has 1 aromatic rings. The summed E-state index contributed by atoms with van der Waals surface area (Å²) < 4.78 is 3.86. The van der Waals surface area contributed by atoms with E-state index in [0.717, 1.165) is 0 Å². The first kappa shape index (κ1) is 14.0. The normalized spacial score (nSPS) is 6.75. The van der Waals surface area contributed by atoms with Gasteiger partial charge in [0.15, 0.2) is 0 Å². The van der Waals surface area contributed by atoms with Gasteiger partial charge in [0, 0.05) is 5.75 Å². The molecule has 0 unspecified atom stereocenters. The molecule has 1 aromatic carbocycles. The topological polar surface area (TPSA) is 46.5 Å². The Kier molecular flexibility index (Phi) is 12.3. The number of rotatable bonds is 1. The average molecular weight is 176 g/mol. The molecule has 0 fully saturated rings. The molecule has 3 nitrogen and oxygen atoms in total. The Morgan fingerprint density at radius 1 is 1.50 bits per heavy atom. The van der Waals surface area contributed by atoms with E-state index < -0.39 is 0 Å². The van der Waals surface area contributed by atoms with Gasteiger partial charge in [-0.15, -0.1) is 12.1 Å². The van der Waals surface area contributed by atoms with Crippen LogP contribution in [0.4, 0.5) is 0 Å². The summed E-state index contributed by atoms with van der Waals surface area (Å²) in [7, 11) is 1.31. The van der Waals surface area contributed by atoms with E-state index in [-0.39, 0.29) is 29.6 Å². The van der Waals surface area contributed by atoms with Crippen LogP contribution >= 0.6 is 0 Å². The van der Waals surface area contributed by atoms with Gasteiger partial charge in [-0.2, -0.15) is 18.2 Å².